The predicted octanol–water partition coefficient (Wildman–Crippen LogP) is 4.05. The lowest BCUT2D eigenvalue weighted by molar-refractivity contribution is 0.319. The highest BCUT2D eigenvalue weighted by molar-refractivity contribution is 5.31. The van der Waals surface area contributed by atoms with E-state index in [1.165, 1.54) is 11.3 Å². The van der Waals surface area contributed by atoms with Gasteiger partial charge in [-0.05, 0) is 43.3 Å². The van der Waals surface area contributed by atoms with Crippen LogP contribution >= 0.6 is 0 Å². The first-order valence-electron chi connectivity index (χ1n) is 11.0. The second-order valence-corrected chi connectivity index (χ2v) is 9.33. The van der Waals surface area contributed by atoms with Crippen LogP contribution in [-0.2, 0) is 18.4 Å². The molecule has 0 bridgehead atoms. The van der Waals surface area contributed by atoms with Crippen LogP contribution in [0.15, 0.2) is 36.5 Å². The number of H-pyrrole nitrogens is 2. The first kappa shape index (κ1) is 21.4. The van der Waals surface area contributed by atoms with E-state index in [4.69, 9.17) is 9.47 Å². The number of rotatable bonds is 8. The molecule has 0 unspecified atom stereocenters. The molecule has 1 aromatic carbocycles. The van der Waals surface area contributed by atoms with E-state index in [1.54, 1.807) is 7.11 Å². The van der Waals surface area contributed by atoms with Crippen molar-refractivity contribution in [3.05, 3.63) is 59.2 Å². The fourth-order valence-corrected chi connectivity index (χ4v) is 4.21. The van der Waals surface area contributed by atoms with Crippen LogP contribution in [0.25, 0.3) is 0 Å². The molecule has 0 radical (unpaired) electrons. The van der Waals surface area contributed by atoms with Crippen LogP contribution < -0.4 is 9.47 Å². The van der Waals surface area contributed by atoms with Crippen molar-refractivity contribution >= 4 is 0 Å². The van der Waals surface area contributed by atoms with E-state index >= 15 is 0 Å². The Kier molecular flexibility index (Phi) is 6.32. The second kappa shape index (κ2) is 9.14. The molecule has 166 valence electrons. The van der Waals surface area contributed by atoms with Gasteiger partial charge in [-0.15, -0.1) is 0 Å². The number of nitrogens with zero attached hydrogens (tertiary/aromatic N) is 3. The van der Waals surface area contributed by atoms with Crippen LogP contribution in [0.5, 0.6) is 11.5 Å². The molecule has 1 saturated heterocycles. The fraction of sp³-hybridized carbons (Fsp3) is 0.500. The molecule has 1 aliphatic rings. The maximum atomic E-state index is 5.84. The van der Waals surface area contributed by atoms with Crippen LogP contribution in [0.4, 0.5) is 0 Å². The molecule has 4 rings (SSSR count). The summed E-state index contributed by atoms with van der Waals surface area (Å²) in [5.74, 6) is 2.15. The van der Waals surface area contributed by atoms with Crippen LogP contribution in [0.3, 0.4) is 0 Å². The number of nitrogens with one attached hydrogen (secondary N) is 2. The average molecular weight is 424 g/mol. The van der Waals surface area contributed by atoms with Crippen LogP contribution in [0.1, 0.15) is 55.8 Å². The Morgan fingerprint density at radius 3 is 2.65 bits per heavy atom. The summed E-state index contributed by atoms with van der Waals surface area (Å²) >= 11 is 0. The first-order chi connectivity index (χ1) is 14.9. The Morgan fingerprint density at radius 1 is 1.13 bits per heavy atom. The summed E-state index contributed by atoms with van der Waals surface area (Å²) in [4.78, 5) is 2.51. The minimum Gasteiger partial charge on any atom is -0.497 e. The Morgan fingerprint density at radius 2 is 1.90 bits per heavy atom. The zero-order chi connectivity index (χ0) is 21.8. The number of ether oxygens (including phenoxy) is 2. The molecule has 31 heavy (non-hydrogen) atoms. The predicted molar refractivity (Wildman–Crippen MR) is 121 cm³/mol. The van der Waals surface area contributed by atoms with Crippen molar-refractivity contribution in [3.8, 4) is 11.5 Å². The minimum absolute atomic E-state index is 0.0793. The number of aromatic nitrogens is 4. The van der Waals surface area contributed by atoms with Gasteiger partial charge in [-0.1, -0.05) is 20.8 Å². The molecule has 0 saturated carbocycles. The highest BCUT2D eigenvalue weighted by Gasteiger charge is 2.28. The number of benzene rings is 1. The summed E-state index contributed by atoms with van der Waals surface area (Å²) in [5.41, 5.74) is 4.88. The van der Waals surface area contributed by atoms with Crippen molar-refractivity contribution in [2.75, 3.05) is 26.8 Å². The number of likely N-dealkylation sites (tertiary alicyclic amines) is 1. The molecule has 0 aliphatic carbocycles. The third-order valence-electron chi connectivity index (χ3n) is 5.90. The maximum Gasteiger partial charge on any atom is 0.119 e. The van der Waals surface area contributed by atoms with E-state index < -0.39 is 0 Å². The molecule has 1 fully saturated rings. The molecular formula is C24H33N5O2. The standard InChI is InChI=1S/C24H33N5O2/c1-24(2,3)23-18(14-25-28-23)16-29-11-9-17(15-29)22-13-19(26-27-22)10-12-31-21-7-5-20(30-4)6-8-21/h5-8,13-14,17H,9-12,15-16H2,1-4H3,(H,25,28)(H,26,27)/t17-/m1/s1. The molecule has 3 heterocycles. The van der Waals surface area contributed by atoms with Gasteiger partial charge in [0.05, 0.1) is 25.6 Å². The van der Waals surface area contributed by atoms with E-state index in [0.717, 1.165) is 55.4 Å². The van der Waals surface area contributed by atoms with E-state index in [0.29, 0.717) is 12.5 Å². The Bertz CT molecular complexity index is 971. The van der Waals surface area contributed by atoms with Crippen LogP contribution in [0, 0.1) is 0 Å². The van der Waals surface area contributed by atoms with Gasteiger partial charge in [0.15, 0.2) is 0 Å². The average Bonchev–Trinajstić information content (AvgIpc) is 3.49. The monoisotopic (exact) mass is 423 g/mol. The van der Waals surface area contributed by atoms with Gasteiger partial charge in [0.2, 0.25) is 0 Å². The highest BCUT2D eigenvalue weighted by Crippen LogP contribution is 2.30. The Hall–Kier alpha value is -2.80. The zero-order valence-electron chi connectivity index (χ0n) is 18.9. The summed E-state index contributed by atoms with van der Waals surface area (Å²) in [7, 11) is 1.66. The largest absolute Gasteiger partial charge is 0.497 e. The van der Waals surface area contributed by atoms with Crippen molar-refractivity contribution in [3.63, 3.8) is 0 Å². The van der Waals surface area contributed by atoms with Gasteiger partial charge in [-0.25, -0.2) is 0 Å². The molecule has 2 N–H and O–H groups in total. The van der Waals surface area contributed by atoms with Gasteiger partial charge in [-0.3, -0.25) is 15.1 Å². The summed E-state index contributed by atoms with van der Waals surface area (Å²) in [6, 6.07) is 9.86. The van der Waals surface area contributed by atoms with Crippen molar-refractivity contribution in [2.24, 2.45) is 0 Å². The lowest BCUT2D eigenvalue weighted by Crippen LogP contribution is -2.22. The van der Waals surface area contributed by atoms with E-state index in [-0.39, 0.29) is 5.41 Å². The van der Waals surface area contributed by atoms with E-state index in [1.807, 2.05) is 30.5 Å². The van der Waals surface area contributed by atoms with Crippen LogP contribution in [0.2, 0.25) is 0 Å². The number of hydrogen-bond donors (Lipinski definition) is 2. The molecule has 2 aromatic heterocycles. The topological polar surface area (TPSA) is 79.1 Å². The summed E-state index contributed by atoms with van der Waals surface area (Å²) in [5, 5.41) is 15.3. The van der Waals surface area contributed by atoms with Gasteiger partial charge in [0.25, 0.3) is 0 Å². The first-order valence-corrected chi connectivity index (χ1v) is 11.0. The van der Waals surface area contributed by atoms with E-state index in [2.05, 4.69) is 52.1 Å². The number of methoxy groups -OCH3 is 1. The maximum absolute atomic E-state index is 5.84. The third kappa shape index (κ3) is 5.28. The van der Waals surface area contributed by atoms with Gasteiger partial charge in [0, 0.05) is 47.8 Å². The minimum atomic E-state index is 0.0793. The molecule has 0 spiro atoms. The lowest BCUT2D eigenvalue weighted by atomic mass is 9.89. The third-order valence-corrected chi connectivity index (χ3v) is 5.90. The second-order valence-electron chi connectivity index (χ2n) is 9.33. The van der Waals surface area contributed by atoms with Gasteiger partial charge < -0.3 is 9.47 Å². The Balaban J connectivity index is 1.27. The van der Waals surface area contributed by atoms with E-state index in [9.17, 15) is 0 Å². The quantitative estimate of drug-likeness (QED) is 0.571. The van der Waals surface area contributed by atoms with Gasteiger partial charge in [0.1, 0.15) is 11.5 Å². The van der Waals surface area contributed by atoms with Gasteiger partial charge >= 0.3 is 0 Å². The summed E-state index contributed by atoms with van der Waals surface area (Å²) in [6.07, 6.45) is 3.91. The van der Waals surface area contributed by atoms with Crippen molar-refractivity contribution in [2.45, 2.75) is 51.5 Å². The zero-order valence-corrected chi connectivity index (χ0v) is 18.9. The summed E-state index contributed by atoms with van der Waals surface area (Å²) in [6.45, 7) is 10.3. The summed E-state index contributed by atoms with van der Waals surface area (Å²) < 4.78 is 11.0. The molecular weight excluding hydrogens is 390 g/mol. The van der Waals surface area contributed by atoms with Crippen molar-refractivity contribution < 1.29 is 9.47 Å². The number of hydrogen-bond acceptors (Lipinski definition) is 5. The fourth-order valence-electron chi connectivity index (χ4n) is 4.21. The normalized spacial score (nSPS) is 17.2. The van der Waals surface area contributed by atoms with Crippen molar-refractivity contribution in [1.82, 2.24) is 25.3 Å². The highest BCUT2D eigenvalue weighted by atomic mass is 16.5. The Labute approximate surface area is 184 Å². The molecule has 1 aliphatic heterocycles. The lowest BCUT2D eigenvalue weighted by Gasteiger charge is -2.21. The van der Waals surface area contributed by atoms with Crippen molar-refractivity contribution in [1.29, 1.82) is 0 Å². The number of aromatic amines is 2. The van der Waals surface area contributed by atoms with Gasteiger partial charge in [-0.2, -0.15) is 10.2 Å². The van der Waals surface area contributed by atoms with Crippen LogP contribution in [-0.4, -0.2) is 52.1 Å². The SMILES string of the molecule is COc1ccc(OCCc2cc([C@@H]3CCN(Cc4cn[nH]c4C(C)(C)C)C3)n[nH]2)cc1. The molecule has 7 heteroatoms. The molecule has 3 aromatic rings. The molecule has 7 nitrogen and oxygen atoms in total. The smallest absolute Gasteiger partial charge is 0.119 e. The molecule has 1 atom stereocenters. The molecule has 0 amide bonds.